The van der Waals surface area contributed by atoms with Gasteiger partial charge in [-0.3, -0.25) is 4.99 Å². The molecule has 134 valence electrons. The zero-order valence-corrected chi connectivity index (χ0v) is 17.0. The van der Waals surface area contributed by atoms with Crippen LogP contribution in [0, 0.1) is 0 Å². The molecule has 0 fully saturated rings. The Kier molecular flexibility index (Phi) is 20.8. The van der Waals surface area contributed by atoms with Crippen LogP contribution in [0.1, 0.15) is 26.7 Å². The lowest BCUT2D eigenvalue weighted by Gasteiger charge is -2.17. The summed E-state index contributed by atoms with van der Waals surface area (Å²) in [4.78, 5) is 6.80. The van der Waals surface area contributed by atoms with Crippen LogP contribution in [0.2, 0.25) is 0 Å². The number of unbranched alkanes of at least 4 members (excludes halogenated alkanes) is 1. The summed E-state index contributed by atoms with van der Waals surface area (Å²) in [6.45, 7) is 11.0. The van der Waals surface area contributed by atoms with Gasteiger partial charge in [-0.15, -0.1) is 24.0 Å². The standard InChI is InChI=1S/C15H34N4O2.HI/c1-5-16-15(17-9-7-8-13-21-6-2)18-10-11-19(3)12-14-20-4;/h5-14H2,1-4H3,(H2,16,17,18);1H. The van der Waals surface area contributed by atoms with Gasteiger partial charge in [-0.2, -0.15) is 0 Å². The molecule has 0 aromatic carbocycles. The molecule has 0 bridgehead atoms. The number of halogens is 1. The summed E-state index contributed by atoms with van der Waals surface area (Å²) in [5.41, 5.74) is 0. The Balaban J connectivity index is 0. The molecule has 7 heteroatoms. The average molecular weight is 430 g/mol. The highest BCUT2D eigenvalue weighted by atomic mass is 127. The summed E-state index contributed by atoms with van der Waals surface area (Å²) in [6, 6.07) is 0. The largest absolute Gasteiger partial charge is 0.383 e. The molecule has 0 rings (SSSR count). The van der Waals surface area contributed by atoms with E-state index in [2.05, 4.69) is 34.5 Å². The van der Waals surface area contributed by atoms with Crippen molar-refractivity contribution in [2.45, 2.75) is 26.7 Å². The first kappa shape index (κ1) is 24.1. The Morgan fingerprint density at radius 1 is 1.09 bits per heavy atom. The minimum Gasteiger partial charge on any atom is -0.383 e. The van der Waals surface area contributed by atoms with Crippen molar-refractivity contribution in [2.24, 2.45) is 4.99 Å². The van der Waals surface area contributed by atoms with Crippen LogP contribution in [0.5, 0.6) is 0 Å². The monoisotopic (exact) mass is 430 g/mol. The lowest BCUT2D eigenvalue weighted by molar-refractivity contribution is 0.144. The molecule has 22 heavy (non-hydrogen) atoms. The third kappa shape index (κ3) is 16.3. The fourth-order valence-corrected chi connectivity index (χ4v) is 1.72. The van der Waals surface area contributed by atoms with Crippen molar-refractivity contribution in [1.29, 1.82) is 0 Å². The van der Waals surface area contributed by atoms with E-state index in [4.69, 9.17) is 9.47 Å². The molecule has 0 aliphatic carbocycles. The van der Waals surface area contributed by atoms with E-state index in [1.165, 1.54) is 0 Å². The van der Waals surface area contributed by atoms with E-state index in [9.17, 15) is 0 Å². The first-order valence-electron chi connectivity index (χ1n) is 8.02. The number of nitrogens with one attached hydrogen (secondary N) is 2. The highest BCUT2D eigenvalue weighted by Crippen LogP contribution is 1.91. The number of aliphatic imine (C=N–C) groups is 1. The van der Waals surface area contributed by atoms with Gasteiger partial charge in [0.15, 0.2) is 5.96 Å². The maximum Gasteiger partial charge on any atom is 0.191 e. The molecule has 0 aromatic rings. The summed E-state index contributed by atoms with van der Waals surface area (Å²) < 4.78 is 10.4. The van der Waals surface area contributed by atoms with Crippen LogP contribution < -0.4 is 10.6 Å². The first-order valence-corrected chi connectivity index (χ1v) is 8.02. The number of hydrogen-bond donors (Lipinski definition) is 2. The SMILES string of the molecule is CCNC(=NCCCCOCC)NCCN(C)CCOC.I. The normalized spacial score (nSPS) is 11.4. The van der Waals surface area contributed by atoms with Gasteiger partial charge in [0.1, 0.15) is 0 Å². The van der Waals surface area contributed by atoms with Crippen molar-refractivity contribution in [3.05, 3.63) is 0 Å². The van der Waals surface area contributed by atoms with E-state index in [1.807, 2.05) is 6.92 Å². The van der Waals surface area contributed by atoms with Gasteiger partial charge in [-0.25, -0.2) is 0 Å². The van der Waals surface area contributed by atoms with E-state index >= 15 is 0 Å². The Bertz CT molecular complexity index is 256. The predicted octanol–water partition coefficient (Wildman–Crippen LogP) is 1.55. The van der Waals surface area contributed by atoms with Crippen molar-refractivity contribution in [3.63, 3.8) is 0 Å². The van der Waals surface area contributed by atoms with E-state index in [1.54, 1.807) is 7.11 Å². The number of hydrogen-bond acceptors (Lipinski definition) is 4. The van der Waals surface area contributed by atoms with Crippen molar-refractivity contribution in [2.75, 3.05) is 66.7 Å². The first-order chi connectivity index (χ1) is 10.2. The van der Waals surface area contributed by atoms with Gasteiger partial charge in [0.25, 0.3) is 0 Å². The Morgan fingerprint density at radius 3 is 2.50 bits per heavy atom. The van der Waals surface area contributed by atoms with Crippen LogP contribution in [0.15, 0.2) is 4.99 Å². The van der Waals surface area contributed by atoms with Crippen LogP contribution in [0.3, 0.4) is 0 Å². The zero-order chi connectivity index (χ0) is 15.8. The zero-order valence-electron chi connectivity index (χ0n) is 14.7. The second kappa shape index (κ2) is 18.9. The summed E-state index contributed by atoms with van der Waals surface area (Å²) in [5.74, 6) is 0.897. The van der Waals surface area contributed by atoms with Crippen LogP contribution in [0.25, 0.3) is 0 Å². The molecule has 0 saturated heterocycles. The molecule has 0 spiro atoms. The number of likely N-dealkylation sites (N-methyl/N-ethyl adjacent to an activating group) is 1. The smallest absolute Gasteiger partial charge is 0.191 e. The number of guanidine groups is 1. The molecular weight excluding hydrogens is 395 g/mol. The molecule has 0 saturated carbocycles. The fourth-order valence-electron chi connectivity index (χ4n) is 1.72. The van der Waals surface area contributed by atoms with Crippen molar-refractivity contribution < 1.29 is 9.47 Å². The summed E-state index contributed by atoms with van der Waals surface area (Å²) in [5, 5.41) is 6.62. The third-order valence-electron chi connectivity index (χ3n) is 2.98. The van der Waals surface area contributed by atoms with E-state index in [0.717, 1.165) is 71.3 Å². The van der Waals surface area contributed by atoms with Gasteiger partial charge >= 0.3 is 0 Å². The molecule has 2 N–H and O–H groups in total. The molecule has 0 amide bonds. The minimum atomic E-state index is 0. The van der Waals surface area contributed by atoms with Crippen LogP contribution in [0.4, 0.5) is 0 Å². The highest BCUT2D eigenvalue weighted by Gasteiger charge is 2.00. The van der Waals surface area contributed by atoms with Crippen molar-refractivity contribution in [3.8, 4) is 0 Å². The van der Waals surface area contributed by atoms with Crippen molar-refractivity contribution in [1.82, 2.24) is 15.5 Å². The number of nitrogens with zero attached hydrogens (tertiary/aromatic N) is 2. The van der Waals surface area contributed by atoms with Gasteiger partial charge in [-0.05, 0) is 33.7 Å². The quantitative estimate of drug-likeness (QED) is 0.201. The predicted molar refractivity (Wildman–Crippen MR) is 104 cm³/mol. The molecule has 6 nitrogen and oxygen atoms in total. The van der Waals surface area contributed by atoms with E-state index in [0.29, 0.717) is 0 Å². The minimum absolute atomic E-state index is 0. The number of ether oxygens (including phenoxy) is 2. The lowest BCUT2D eigenvalue weighted by atomic mass is 10.3. The average Bonchev–Trinajstić information content (AvgIpc) is 2.48. The van der Waals surface area contributed by atoms with Gasteiger partial charge in [0.05, 0.1) is 6.61 Å². The molecule has 0 unspecified atom stereocenters. The Hall–Kier alpha value is -0.120. The summed E-state index contributed by atoms with van der Waals surface area (Å²) >= 11 is 0. The molecule has 0 heterocycles. The van der Waals surface area contributed by atoms with Crippen LogP contribution >= 0.6 is 24.0 Å². The van der Waals surface area contributed by atoms with Crippen LogP contribution in [-0.2, 0) is 9.47 Å². The topological polar surface area (TPSA) is 58.1 Å². The third-order valence-corrected chi connectivity index (χ3v) is 2.98. The van der Waals surface area contributed by atoms with Gasteiger partial charge in [0.2, 0.25) is 0 Å². The highest BCUT2D eigenvalue weighted by molar-refractivity contribution is 14.0. The Labute approximate surface area is 153 Å². The van der Waals surface area contributed by atoms with Crippen LogP contribution in [-0.4, -0.2) is 77.6 Å². The molecule has 0 atom stereocenters. The van der Waals surface area contributed by atoms with Gasteiger partial charge < -0.3 is 25.0 Å². The molecular formula is C15H35IN4O2. The van der Waals surface area contributed by atoms with E-state index in [-0.39, 0.29) is 24.0 Å². The van der Waals surface area contributed by atoms with Crippen molar-refractivity contribution >= 4 is 29.9 Å². The Morgan fingerprint density at radius 2 is 1.86 bits per heavy atom. The van der Waals surface area contributed by atoms with Gasteiger partial charge in [-0.1, -0.05) is 0 Å². The molecule has 0 aliphatic rings. The molecule has 0 aromatic heterocycles. The second-order valence-corrected chi connectivity index (χ2v) is 4.89. The summed E-state index contributed by atoms with van der Waals surface area (Å²) in [7, 11) is 3.83. The van der Waals surface area contributed by atoms with E-state index < -0.39 is 0 Å². The lowest BCUT2D eigenvalue weighted by Crippen LogP contribution is -2.41. The maximum absolute atomic E-state index is 5.32. The number of rotatable bonds is 13. The second-order valence-electron chi connectivity index (χ2n) is 4.89. The summed E-state index contributed by atoms with van der Waals surface area (Å²) in [6.07, 6.45) is 2.13. The molecule has 0 radical (unpaired) electrons. The fraction of sp³-hybridized carbons (Fsp3) is 0.933. The van der Waals surface area contributed by atoms with Gasteiger partial charge in [0, 0.05) is 53.0 Å². The molecule has 0 aliphatic heterocycles. The maximum atomic E-state index is 5.32. The number of methoxy groups -OCH3 is 1.